The molecule has 0 aromatic heterocycles. The molecule has 1 aliphatic carbocycles. The molecule has 4 atom stereocenters. The van der Waals surface area contributed by atoms with Crippen LogP contribution in [0, 0.1) is 11.8 Å². The van der Waals surface area contributed by atoms with Crippen LogP contribution >= 0.6 is 0 Å². The molecule has 1 saturated heterocycles. The summed E-state index contributed by atoms with van der Waals surface area (Å²) in [5, 5.41) is 0. The summed E-state index contributed by atoms with van der Waals surface area (Å²) in [4.78, 5) is 23.1. The van der Waals surface area contributed by atoms with Gasteiger partial charge in [-0.2, -0.15) is 0 Å². The topological polar surface area (TPSA) is 52.6 Å². The summed E-state index contributed by atoms with van der Waals surface area (Å²) in [6.45, 7) is 7.38. The maximum absolute atomic E-state index is 11.8. The molecule has 0 aromatic carbocycles. The number of fused-ring (bicyclic) bond motifs is 1. The molecule has 2 aliphatic rings. The van der Waals surface area contributed by atoms with Gasteiger partial charge in [0.1, 0.15) is 12.2 Å². The molecule has 116 valence electrons. The molecule has 0 aromatic rings. The fourth-order valence-electron chi connectivity index (χ4n) is 3.06. The third-order valence-electron chi connectivity index (χ3n) is 4.48. The van der Waals surface area contributed by atoms with E-state index in [0.29, 0.717) is 6.42 Å². The van der Waals surface area contributed by atoms with E-state index in [2.05, 4.69) is 13.0 Å². The molecule has 1 aliphatic heterocycles. The number of carbonyl (C=O) groups excluding carboxylic acids is 2. The normalized spacial score (nSPS) is 38.4. The van der Waals surface area contributed by atoms with Crippen LogP contribution in [0.2, 0.25) is 0 Å². The molecular weight excluding hydrogens is 268 g/mol. The van der Waals surface area contributed by atoms with Crippen LogP contribution in [0.25, 0.3) is 0 Å². The summed E-state index contributed by atoms with van der Waals surface area (Å²) in [6, 6.07) is 0. The van der Waals surface area contributed by atoms with E-state index in [1.807, 2.05) is 19.9 Å². The minimum atomic E-state index is -0.288. The van der Waals surface area contributed by atoms with Crippen molar-refractivity contribution in [2.24, 2.45) is 11.8 Å². The molecule has 2 rings (SSSR count). The average molecular weight is 292 g/mol. The molecular formula is C17H24O4. The largest absolute Gasteiger partial charge is 0.458 e. The maximum atomic E-state index is 11.8. The summed E-state index contributed by atoms with van der Waals surface area (Å²) in [5.74, 6) is -0.284. The lowest BCUT2D eigenvalue weighted by Gasteiger charge is -2.23. The third kappa shape index (κ3) is 3.74. The highest BCUT2D eigenvalue weighted by Gasteiger charge is 2.40. The molecule has 0 spiro atoms. The Morgan fingerprint density at radius 3 is 2.76 bits per heavy atom. The van der Waals surface area contributed by atoms with Crippen molar-refractivity contribution in [1.29, 1.82) is 0 Å². The number of esters is 2. The van der Waals surface area contributed by atoms with Gasteiger partial charge in [0, 0.05) is 19.3 Å². The monoisotopic (exact) mass is 292 g/mol. The average Bonchev–Trinajstić information content (AvgIpc) is 2.66. The number of rotatable bonds is 1. The van der Waals surface area contributed by atoms with Crippen LogP contribution in [-0.2, 0) is 19.1 Å². The lowest BCUT2D eigenvalue weighted by atomic mass is 9.84. The second-order valence-electron chi connectivity index (χ2n) is 6.19. The quantitative estimate of drug-likeness (QED) is 0.550. The number of allylic oxidation sites excluding steroid dienone is 1. The Hall–Kier alpha value is -1.58. The van der Waals surface area contributed by atoms with E-state index in [1.54, 1.807) is 0 Å². The van der Waals surface area contributed by atoms with E-state index >= 15 is 0 Å². The lowest BCUT2D eigenvalue weighted by Crippen LogP contribution is -2.23. The predicted molar refractivity (Wildman–Crippen MR) is 79.5 cm³/mol. The summed E-state index contributed by atoms with van der Waals surface area (Å²) < 4.78 is 10.9. The van der Waals surface area contributed by atoms with Gasteiger partial charge in [0.15, 0.2) is 0 Å². The second kappa shape index (κ2) is 6.46. The number of carbonyl (C=O) groups is 2. The van der Waals surface area contributed by atoms with Crippen LogP contribution in [0.4, 0.5) is 0 Å². The van der Waals surface area contributed by atoms with Crippen LogP contribution in [0.5, 0.6) is 0 Å². The van der Waals surface area contributed by atoms with E-state index in [4.69, 9.17) is 9.47 Å². The van der Waals surface area contributed by atoms with Crippen LogP contribution in [0.15, 0.2) is 23.3 Å². The van der Waals surface area contributed by atoms with Gasteiger partial charge in [-0.05, 0) is 38.3 Å². The Morgan fingerprint density at radius 2 is 2.10 bits per heavy atom. The third-order valence-corrected chi connectivity index (χ3v) is 4.48. The molecule has 1 heterocycles. The minimum absolute atomic E-state index is 0.0709. The molecule has 0 saturated carbocycles. The number of ether oxygens (including phenoxy) is 2. The highest BCUT2D eigenvalue weighted by molar-refractivity contribution is 5.75. The van der Waals surface area contributed by atoms with Gasteiger partial charge in [0.25, 0.3) is 0 Å². The minimum Gasteiger partial charge on any atom is -0.458 e. The maximum Gasteiger partial charge on any atom is 0.309 e. The molecule has 0 amide bonds. The first kappa shape index (κ1) is 15.8. The Morgan fingerprint density at radius 1 is 1.38 bits per heavy atom. The van der Waals surface area contributed by atoms with Gasteiger partial charge in [0.05, 0.1) is 5.92 Å². The highest BCUT2D eigenvalue weighted by atomic mass is 16.6. The molecule has 1 unspecified atom stereocenters. The van der Waals surface area contributed by atoms with E-state index in [9.17, 15) is 9.59 Å². The summed E-state index contributed by atoms with van der Waals surface area (Å²) in [6.07, 6.45) is 6.20. The van der Waals surface area contributed by atoms with Gasteiger partial charge in [0.2, 0.25) is 0 Å². The van der Waals surface area contributed by atoms with Gasteiger partial charge in [-0.25, -0.2) is 0 Å². The van der Waals surface area contributed by atoms with Crippen LogP contribution in [-0.4, -0.2) is 24.1 Å². The zero-order chi connectivity index (χ0) is 15.6. The summed E-state index contributed by atoms with van der Waals surface area (Å²) in [5.41, 5.74) is 2.22. The van der Waals surface area contributed by atoms with Gasteiger partial charge in [-0.15, -0.1) is 0 Å². The zero-order valence-corrected chi connectivity index (χ0v) is 13.2. The Labute approximate surface area is 126 Å². The number of hydrogen-bond acceptors (Lipinski definition) is 4. The lowest BCUT2D eigenvalue weighted by molar-refractivity contribution is -0.145. The van der Waals surface area contributed by atoms with Gasteiger partial charge >= 0.3 is 11.9 Å². The van der Waals surface area contributed by atoms with Crippen molar-refractivity contribution < 1.29 is 19.1 Å². The number of hydrogen-bond donors (Lipinski definition) is 0. The second-order valence-corrected chi connectivity index (χ2v) is 6.19. The van der Waals surface area contributed by atoms with Crippen LogP contribution in [0.1, 0.15) is 47.0 Å². The fraction of sp³-hybridized carbons (Fsp3) is 0.647. The van der Waals surface area contributed by atoms with E-state index in [-0.39, 0.29) is 36.0 Å². The highest BCUT2D eigenvalue weighted by Crippen LogP contribution is 2.35. The van der Waals surface area contributed by atoms with Gasteiger partial charge < -0.3 is 9.47 Å². The first-order chi connectivity index (χ1) is 9.88. The first-order valence-corrected chi connectivity index (χ1v) is 7.60. The molecule has 1 fully saturated rings. The van der Waals surface area contributed by atoms with Gasteiger partial charge in [-0.1, -0.05) is 18.6 Å². The van der Waals surface area contributed by atoms with Crippen molar-refractivity contribution in [2.45, 2.75) is 59.2 Å². The first-order valence-electron chi connectivity index (χ1n) is 7.60. The molecule has 21 heavy (non-hydrogen) atoms. The fourth-order valence-corrected chi connectivity index (χ4v) is 3.06. The van der Waals surface area contributed by atoms with Crippen LogP contribution in [0.3, 0.4) is 0 Å². The standard InChI is InChI=1S/C17H24O4/c1-10-5-7-14-12(3)17(19)21-16(14)9-11(2)15(8-6-10)20-13(4)18/h6,9,12,14-16H,5,7-8H2,1-4H3/b10-6+,11-9+/t12-,14?,15-,16+/m0/s1. The van der Waals surface area contributed by atoms with Crippen molar-refractivity contribution in [3.63, 3.8) is 0 Å². The Kier molecular flexibility index (Phi) is 4.86. The molecule has 0 radical (unpaired) electrons. The van der Waals surface area contributed by atoms with E-state index in [0.717, 1.165) is 18.4 Å². The van der Waals surface area contributed by atoms with E-state index in [1.165, 1.54) is 12.5 Å². The molecule has 4 heteroatoms. The Balaban J connectivity index is 2.28. The van der Waals surface area contributed by atoms with Crippen molar-refractivity contribution in [2.75, 3.05) is 0 Å². The molecule has 0 N–H and O–H groups in total. The SMILES string of the molecule is CC(=O)O[C@H]1C/C=C(\C)CCC2[C@H](C)C(=O)O[C@@H]2/C=C/1C. The summed E-state index contributed by atoms with van der Waals surface area (Å²) >= 11 is 0. The van der Waals surface area contributed by atoms with E-state index < -0.39 is 0 Å². The Bertz CT molecular complexity index is 489. The van der Waals surface area contributed by atoms with Gasteiger partial charge in [-0.3, -0.25) is 9.59 Å². The van der Waals surface area contributed by atoms with Crippen LogP contribution < -0.4 is 0 Å². The predicted octanol–water partition coefficient (Wildman–Crippen LogP) is 3.17. The van der Waals surface area contributed by atoms with Crippen molar-refractivity contribution in [1.82, 2.24) is 0 Å². The molecule has 0 bridgehead atoms. The summed E-state index contributed by atoms with van der Waals surface area (Å²) in [7, 11) is 0. The van der Waals surface area contributed by atoms with Crippen molar-refractivity contribution >= 4 is 11.9 Å². The molecule has 4 nitrogen and oxygen atoms in total. The smallest absolute Gasteiger partial charge is 0.309 e. The van der Waals surface area contributed by atoms with Crippen molar-refractivity contribution in [3.8, 4) is 0 Å². The van der Waals surface area contributed by atoms with Crippen molar-refractivity contribution in [3.05, 3.63) is 23.3 Å². The zero-order valence-electron chi connectivity index (χ0n) is 13.2.